The molecule has 4 nitrogen and oxygen atoms in total. The van der Waals surface area contributed by atoms with Crippen molar-refractivity contribution in [3.05, 3.63) is 0 Å². The Bertz CT molecular complexity index is 197. The van der Waals surface area contributed by atoms with Crippen molar-refractivity contribution in [1.29, 1.82) is 0 Å². The number of rotatable bonds is 0. The fourth-order valence-electron chi connectivity index (χ4n) is 2.65. The second-order valence-corrected chi connectivity index (χ2v) is 4.56. The smallest absolute Gasteiger partial charge is 0.145 e. The molecule has 0 amide bonds. The van der Waals surface area contributed by atoms with E-state index in [1.807, 2.05) is 0 Å². The molecule has 0 aliphatic carbocycles. The van der Waals surface area contributed by atoms with E-state index in [2.05, 4.69) is 5.32 Å². The molecule has 0 aromatic carbocycles. The Balaban J connectivity index is 1.77. The minimum atomic E-state index is -0.202. The van der Waals surface area contributed by atoms with E-state index in [9.17, 15) is 0 Å². The third-order valence-corrected chi connectivity index (χ3v) is 3.49. The average Bonchev–Trinajstić information content (AvgIpc) is 2.77. The molecule has 80 valence electrons. The minimum Gasteiger partial charge on any atom is -0.378 e. The number of hydrogen-bond acceptors (Lipinski definition) is 4. The quantitative estimate of drug-likeness (QED) is 0.608. The van der Waals surface area contributed by atoms with Crippen molar-refractivity contribution >= 4 is 0 Å². The van der Waals surface area contributed by atoms with Crippen LogP contribution < -0.4 is 5.32 Å². The molecule has 4 heteroatoms. The van der Waals surface area contributed by atoms with Crippen molar-refractivity contribution in [2.24, 2.45) is 0 Å². The molecular weight excluding hydrogens is 182 g/mol. The Kier molecular flexibility index (Phi) is 2.06. The first-order valence-corrected chi connectivity index (χ1v) is 5.43. The van der Waals surface area contributed by atoms with Crippen LogP contribution in [0.2, 0.25) is 0 Å². The summed E-state index contributed by atoms with van der Waals surface area (Å²) in [6.07, 6.45) is 3.07. The van der Waals surface area contributed by atoms with Gasteiger partial charge in [-0.2, -0.15) is 0 Å². The summed E-state index contributed by atoms with van der Waals surface area (Å²) in [5, 5.41) is 3.44. The minimum absolute atomic E-state index is 0.0149. The molecule has 1 N–H and O–H groups in total. The topological polar surface area (TPSA) is 39.7 Å². The van der Waals surface area contributed by atoms with Crippen LogP contribution in [0.5, 0.6) is 0 Å². The molecule has 0 aromatic rings. The highest BCUT2D eigenvalue weighted by atomic mass is 16.6. The highest BCUT2D eigenvalue weighted by Crippen LogP contribution is 2.37. The Labute approximate surface area is 83.9 Å². The molecule has 14 heavy (non-hydrogen) atoms. The summed E-state index contributed by atoms with van der Waals surface area (Å²) in [5.74, 6) is 0. The van der Waals surface area contributed by atoms with Gasteiger partial charge in [-0.15, -0.1) is 0 Å². The lowest BCUT2D eigenvalue weighted by Gasteiger charge is -2.44. The van der Waals surface area contributed by atoms with E-state index in [1.54, 1.807) is 0 Å². The molecule has 3 aliphatic rings. The molecule has 0 saturated carbocycles. The number of hydrogen-bond donors (Lipinski definition) is 1. The lowest BCUT2D eigenvalue weighted by atomic mass is 9.94. The molecule has 0 radical (unpaired) electrons. The van der Waals surface area contributed by atoms with Gasteiger partial charge < -0.3 is 14.2 Å². The Morgan fingerprint density at radius 3 is 2.50 bits per heavy atom. The van der Waals surface area contributed by atoms with Crippen molar-refractivity contribution in [2.45, 2.75) is 30.6 Å². The van der Waals surface area contributed by atoms with Crippen molar-refractivity contribution in [2.75, 3.05) is 33.0 Å². The van der Waals surface area contributed by atoms with Gasteiger partial charge in [0.25, 0.3) is 0 Å². The first kappa shape index (κ1) is 9.09. The molecule has 0 bridgehead atoms. The van der Waals surface area contributed by atoms with Crippen molar-refractivity contribution in [3.63, 3.8) is 0 Å². The summed E-state index contributed by atoms with van der Waals surface area (Å²) < 4.78 is 17.1. The van der Waals surface area contributed by atoms with Gasteiger partial charge in [0, 0.05) is 26.0 Å². The molecule has 2 unspecified atom stereocenters. The fraction of sp³-hybridized carbons (Fsp3) is 1.00. The normalized spacial score (nSPS) is 48.0. The fourth-order valence-corrected chi connectivity index (χ4v) is 2.65. The molecule has 2 spiro atoms. The van der Waals surface area contributed by atoms with Crippen LogP contribution in [0.1, 0.15) is 19.3 Å². The summed E-state index contributed by atoms with van der Waals surface area (Å²) in [4.78, 5) is 0. The SMILES string of the molecule is C1CC2(CCOC2)OC2(CCOC2)N1. The van der Waals surface area contributed by atoms with Crippen LogP contribution in [0.15, 0.2) is 0 Å². The highest BCUT2D eigenvalue weighted by Gasteiger charge is 2.49. The van der Waals surface area contributed by atoms with Crippen molar-refractivity contribution in [3.8, 4) is 0 Å². The van der Waals surface area contributed by atoms with E-state index in [0.717, 1.165) is 45.6 Å². The molecule has 3 rings (SSSR count). The van der Waals surface area contributed by atoms with Crippen molar-refractivity contribution in [1.82, 2.24) is 5.32 Å². The Morgan fingerprint density at radius 1 is 0.929 bits per heavy atom. The summed E-state index contributed by atoms with van der Waals surface area (Å²) in [6.45, 7) is 4.12. The average molecular weight is 199 g/mol. The Hall–Kier alpha value is -0.160. The molecule has 0 aromatic heterocycles. The summed E-state index contributed by atoms with van der Waals surface area (Å²) in [5.41, 5.74) is -0.217. The molecule has 3 saturated heterocycles. The zero-order valence-corrected chi connectivity index (χ0v) is 8.38. The molecular formula is C10H17NO3. The van der Waals surface area contributed by atoms with E-state index in [-0.39, 0.29) is 11.3 Å². The highest BCUT2D eigenvalue weighted by molar-refractivity contribution is 4.96. The van der Waals surface area contributed by atoms with Crippen LogP contribution in [-0.4, -0.2) is 44.3 Å². The van der Waals surface area contributed by atoms with Gasteiger partial charge in [-0.05, 0) is 6.42 Å². The summed E-state index contributed by atoms with van der Waals surface area (Å²) >= 11 is 0. The molecule has 3 fully saturated rings. The lowest BCUT2D eigenvalue weighted by molar-refractivity contribution is -0.197. The molecule has 3 aliphatic heterocycles. The largest absolute Gasteiger partial charge is 0.378 e. The van der Waals surface area contributed by atoms with E-state index >= 15 is 0 Å². The standard InChI is InChI=1S/C10H17NO3/c1-4-11-10(3-6-13-8-10)14-9(1)2-5-12-7-9/h11H,1-8H2. The lowest BCUT2D eigenvalue weighted by Crippen LogP contribution is -2.60. The van der Waals surface area contributed by atoms with Gasteiger partial charge >= 0.3 is 0 Å². The van der Waals surface area contributed by atoms with Crippen LogP contribution in [-0.2, 0) is 14.2 Å². The van der Waals surface area contributed by atoms with Crippen LogP contribution >= 0.6 is 0 Å². The van der Waals surface area contributed by atoms with Gasteiger partial charge in [-0.3, -0.25) is 5.32 Å². The second kappa shape index (κ2) is 3.17. The van der Waals surface area contributed by atoms with Crippen LogP contribution in [0.3, 0.4) is 0 Å². The molecule has 2 atom stereocenters. The maximum atomic E-state index is 6.22. The first-order chi connectivity index (χ1) is 6.83. The van der Waals surface area contributed by atoms with Gasteiger partial charge in [0.15, 0.2) is 0 Å². The van der Waals surface area contributed by atoms with Gasteiger partial charge in [-0.1, -0.05) is 0 Å². The van der Waals surface area contributed by atoms with Gasteiger partial charge in [0.05, 0.1) is 25.4 Å². The zero-order chi connectivity index (χ0) is 9.49. The predicted octanol–water partition coefficient (Wildman–Crippen LogP) is 0.272. The first-order valence-electron chi connectivity index (χ1n) is 5.43. The van der Waals surface area contributed by atoms with Gasteiger partial charge in [-0.25, -0.2) is 0 Å². The molecule has 3 heterocycles. The monoisotopic (exact) mass is 199 g/mol. The van der Waals surface area contributed by atoms with E-state index in [4.69, 9.17) is 14.2 Å². The maximum Gasteiger partial charge on any atom is 0.145 e. The van der Waals surface area contributed by atoms with E-state index < -0.39 is 0 Å². The second-order valence-electron chi connectivity index (χ2n) is 4.56. The van der Waals surface area contributed by atoms with Gasteiger partial charge in [0.1, 0.15) is 5.72 Å². The zero-order valence-electron chi connectivity index (χ0n) is 8.38. The van der Waals surface area contributed by atoms with Crippen LogP contribution in [0.25, 0.3) is 0 Å². The number of ether oxygens (including phenoxy) is 3. The van der Waals surface area contributed by atoms with Crippen LogP contribution in [0, 0.1) is 0 Å². The summed E-state index contributed by atoms with van der Waals surface area (Å²) in [7, 11) is 0. The number of nitrogens with one attached hydrogen (secondary N) is 1. The third kappa shape index (κ3) is 1.37. The summed E-state index contributed by atoms with van der Waals surface area (Å²) in [6, 6.07) is 0. The Morgan fingerprint density at radius 2 is 1.79 bits per heavy atom. The maximum absolute atomic E-state index is 6.22. The van der Waals surface area contributed by atoms with E-state index in [1.165, 1.54) is 0 Å². The van der Waals surface area contributed by atoms with Crippen LogP contribution in [0.4, 0.5) is 0 Å². The van der Waals surface area contributed by atoms with Crippen molar-refractivity contribution < 1.29 is 14.2 Å². The predicted molar refractivity (Wildman–Crippen MR) is 50.0 cm³/mol. The van der Waals surface area contributed by atoms with E-state index in [0.29, 0.717) is 6.61 Å². The van der Waals surface area contributed by atoms with Gasteiger partial charge in [0.2, 0.25) is 0 Å². The third-order valence-electron chi connectivity index (χ3n) is 3.49.